The second-order valence-corrected chi connectivity index (χ2v) is 10.7. The number of likely N-dealkylation sites (tertiary alicyclic amines) is 1. The number of allylic oxidation sites excluding steroid dienone is 3. The van der Waals surface area contributed by atoms with E-state index >= 15 is 0 Å². The predicted octanol–water partition coefficient (Wildman–Crippen LogP) is 2.22. The van der Waals surface area contributed by atoms with E-state index in [1.54, 1.807) is 29.3 Å². The number of anilines is 1. The lowest BCUT2D eigenvalue weighted by Crippen LogP contribution is -2.40. The fourth-order valence-electron chi connectivity index (χ4n) is 5.19. The molecule has 2 amide bonds. The van der Waals surface area contributed by atoms with E-state index in [2.05, 4.69) is 37.2 Å². The van der Waals surface area contributed by atoms with Crippen molar-refractivity contribution < 1.29 is 14.3 Å². The minimum atomic E-state index is -0.197. The van der Waals surface area contributed by atoms with Crippen molar-refractivity contribution in [3.63, 3.8) is 0 Å². The molecule has 6 N–H and O–H groups in total. The molecule has 224 valence electrons. The summed E-state index contributed by atoms with van der Waals surface area (Å²) in [6.45, 7) is 5.49. The summed E-state index contributed by atoms with van der Waals surface area (Å²) < 4.78 is 5.36. The van der Waals surface area contributed by atoms with Gasteiger partial charge in [0.1, 0.15) is 17.0 Å². The highest BCUT2D eigenvalue weighted by atomic mass is 16.5. The van der Waals surface area contributed by atoms with Gasteiger partial charge in [-0.1, -0.05) is 6.08 Å². The Morgan fingerprint density at radius 3 is 2.58 bits per heavy atom. The van der Waals surface area contributed by atoms with Gasteiger partial charge >= 0.3 is 0 Å². The Morgan fingerprint density at radius 2 is 1.88 bits per heavy atom. The molecule has 0 aliphatic carbocycles. The van der Waals surface area contributed by atoms with Crippen molar-refractivity contribution >= 4 is 46.2 Å². The highest BCUT2D eigenvalue weighted by molar-refractivity contribution is 6.15. The highest BCUT2D eigenvalue weighted by Gasteiger charge is 2.25. The third-order valence-electron chi connectivity index (χ3n) is 7.82. The lowest BCUT2D eigenvalue weighted by atomic mass is 9.96. The number of amides is 2. The summed E-state index contributed by atoms with van der Waals surface area (Å²) in [7, 11) is 2.05. The minimum Gasteiger partial charge on any atom is -0.383 e. The molecule has 0 atom stereocenters. The van der Waals surface area contributed by atoms with Crippen LogP contribution in [0.4, 0.5) is 5.82 Å². The molecule has 3 aromatic rings. The lowest BCUT2D eigenvalue weighted by molar-refractivity contribution is -0.125. The van der Waals surface area contributed by atoms with E-state index in [9.17, 15) is 9.59 Å². The topological polar surface area (TPSA) is 190 Å². The van der Waals surface area contributed by atoms with Crippen LogP contribution in [0.1, 0.15) is 47.1 Å². The molecule has 0 aromatic carbocycles. The summed E-state index contributed by atoms with van der Waals surface area (Å²) in [5.41, 5.74) is 9.32. The smallest absolute Gasteiger partial charge is 0.257 e. The van der Waals surface area contributed by atoms with Gasteiger partial charge in [-0.15, -0.1) is 0 Å². The Bertz CT molecular complexity index is 1610. The standard InChI is InChI=1S/C30H36N10O3/c1-3-21(36-29(41)18-4-6-39(2)7-5-18)12-19(14-31)20-13-22(27(33)35-15-20)25(32)28-37-24-17-34-16-23(26(24)38-28)30(42)40-8-10-43-11-9-40/h3,12-18,31-32H,4-11H2,1-2H3,(H2,33,35)(H,36,41)(H,37,38)/b19-12+,21-3+,31-14?,32-25?. The van der Waals surface area contributed by atoms with Crippen molar-refractivity contribution in [2.75, 3.05) is 52.2 Å². The van der Waals surface area contributed by atoms with Gasteiger partial charge in [-0.2, -0.15) is 0 Å². The van der Waals surface area contributed by atoms with Crippen molar-refractivity contribution in [1.29, 1.82) is 10.8 Å². The molecular weight excluding hydrogens is 548 g/mol. The number of H-pyrrole nitrogens is 1. The molecule has 2 fully saturated rings. The number of nitrogens with one attached hydrogen (secondary N) is 4. The van der Waals surface area contributed by atoms with Crippen molar-refractivity contribution in [1.82, 2.24) is 35.1 Å². The monoisotopic (exact) mass is 584 g/mol. The van der Waals surface area contributed by atoms with Gasteiger partial charge in [0.2, 0.25) is 5.91 Å². The maximum Gasteiger partial charge on any atom is 0.257 e. The molecule has 0 bridgehead atoms. The van der Waals surface area contributed by atoms with Crippen LogP contribution in [0.25, 0.3) is 16.6 Å². The third-order valence-corrected chi connectivity index (χ3v) is 7.82. The molecule has 13 nitrogen and oxygen atoms in total. The molecule has 2 saturated heterocycles. The highest BCUT2D eigenvalue weighted by Crippen LogP contribution is 2.24. The maximum absolute atomic E-state index is 13.2. The van der Waals surface area contributed by atoms with Gasteiger partial charge in [0, 0.05) is 60.0 Å². The number of nitrogens with two attached hydrogens (primary N) is 1. The number of nitrogen functional groups attached to an aromatic ring is 1. The first kappa shape index (κ1) is 29.7. The van der Waals surface area contributed by atoms with E-state index in [1.165, 1.54) is 18.6 Å². The summed E-state index contributed by atoms with van der Waals surface area (Å²) in [5, 5.41) is 20.0. The van der Waals surface area contributed by atoms with Crippen LogP contribution in [0, 0.1) is 16.7 Å². The Morgan fingerprint density at radius 1 is 1.14 bits per heavy atom. The van der Waals surface area contributed by atoms with Gasteiger partial charge < -0.3 is 36.0 Å². The lowest BCUT2D eigenvalue weighted by Gasteiger charge is -2.28. The zero-order valence-corrected chi connectivity index (χ0v) is 24.3. The zero-order valence-electron chi connectivity index (χ0n) is 24.3. The van der Waals surface area contributed by atoms with E-state index in [4.69, 9.17) is 21.3 Å². The Balaban J connectivity index is 1.39. The van der Waals surface area contributed by atoms with Crippen LogP contribution < -0.4 is 11.1 Å². The summed E-state index contributed by atoms with van der Waals surface area (Å²) >= 11 is 0. The molecule has 43 heavy (non-hydrogen) atoms. The SMILES string of the molecule is C/C=C(\C=C(/C=N)c1cnc(N)c(C(=N)c2nc3c(C(=O)N4CCOCC4)cncc3[nH]2)c1)NC(=O)C1CCN(C)CC1. The third kappa shape index (κ3) is 6.52. The molecule has 5 heterocycles. The summed E-state index contributed by atoms with van der Waals surface area (Å²) in [5.74, 6) is 0.0211. The molecule has 2 aliphatic rings. The molecule has 0 unspecified atom stereocenters. The summed E-state index contributed by atoms with van der Waals surface area (Å²) in [4.78, 5) is 46.1. The summed E-state index contributed by atoms with van der Waals surface area (Å²) in [6, 6.07) is 1.67. The number of hydrogen-bond donors (Lipinski definition) is 5. The van der Waals surface area contributed by atoms with E-state index < -0.39 is 0 Å². The quantitative estimate of drug-likeness (QED) is 0.197. The van der Waals surface area contributed by atoms with E-state index in [0.29, 0.717) is 65.3 Å². The average molecular weight is 585 g/mol. The van der Waals surface area contributed by atoms with Crippen LogP contribution >= 0.6 is 0 Å². The largest absolute Gasteiger partial charge is 0.383 e. The summed E-state index contributed by atoms with van der Waals surface area (Å²) in [6.07, 6.45) is 10.8. The molecule has 13 heteroatoms. The number of aromatic nitrogens is 4. The number of fused-ring (bicyclic) bond motifs is 1. The second-order valence-electron chi connectivity index (χ2n) is 10.7. The number of rotatable bonds is 8. The maximum atomic E-state index is 13.2. The number of ether oxygens (including phenoxy) is 1. The van der Waals surface area contributed by atoms with Gasteiger partial charge in [0.15, 0.2) is 5.82 Å². The van der Waals surface area contributed by atoms with Crippen molar-refractivity contribution in [3.05, 3.63) is 65.0 Å². The number of hydrogen-bond acceptors (Lipinski definition) is 10. The Kier molecular flexibility index (Phi) is 9.02. The number of pyridine rings is 2. The number of piperidine rings is 1. The van der Waals surface area contributed by atoms with Gasteiger partial charge in [0.25, 0.3) is 5.91 Å². The van der Waals surface area contributed by atoms with Crippen LogP contribution in [-0.4, -0.2) is 99.9 Å². The van der Waals surface area contributed by atoms with Crippen molar-refractivity contribution in [2.45, 2.75) is 19.8 Å². The van der Waals surface area contributed by atoms with Gasteiger partial charge in [-0.3, -0.25) is 20.0 Å². The Labute approximate surface area is 249 Å². The molecule has 5 rings (SSSR count). The normalized spacial score (nSPS) is 17.2. The fourth-order valence-corrected chi connectivity index (χ4v) is 5.19. The van der Waals surface area contributed by atoms with Crippen molar-refractivity contribution in [2.24, 2.45) is 5.92 Å². The van der Waals surface area contributed by atoms with E-state index in [-0.39, 0.29) is 35.1 Å². The first-order chi connectivity index (χ1) is 20.8. The number of nitrogens with zero attached hydrogens (tertiary/aromatic N) is 5. The van der Waals surface area contributed by atoms with Crippen LogP contribution in [0.15, 0.2) is 42.5 Å². The average Bonchev–Trinajstić information content (AvgIpc) is 3.48. The van der Waals surface area contributed by atoms with Gasteiger partial charge in [0.05, 0.1) is 30.5 Å². The van der Waals surface area contributed by atoms with Crippen LogP contribution in [0.5, 0.6) is 0 Å². The van der Waals surface area contributed by atoms with Gasteiger partial charge in [-0.25, -0.2) is 9.97 Å². The number of carbonyl (C=O) groups excluding carboxylic acids is 2. The molecule has 0 radical (unpaired) electrons. The fraction of sp³-hybridized carbons (Fsp3) is 0.367. The molecular formula is C30H36N10O3. The first-order valence-electron chi connectivity index (χ1n) is 14.2. The molecule has 0 spiro atoms. The van der Waals surface area contributed by atoms with E-state index in [1.807, 2.05) is 6.92 Å². The number of carbonyl (C=O) groups is 2. The van der Waals surface area contributed by atoms with Crippen LogP contribution in [0.3, 0.4) is 0 Å². The minimum absolute atomic E-state index is 0.0287. The number of imidazole rings is 1. The van der Waals surface area contributed by atoms with Crippen LogP contribution in [0.2, 0.25) is 0 Å². The molecule has 3 aromatic heterocycles. The number of aromatic amines is 1. The van der Waals surface area contributed by atoms with Crippen molar-refractivity contribution in [3.8, 4) is 0 Å². The van der Waals surface area contributed by atoms with Gasteiger partial charge in [-0.05, 0) is 52.0 Å². The van der Waals surface area contributed by atoms with Crippen LogP contribution in [-0.2, 0) is 9.53 Å². The Hall–Kier alpha value is -4.75. The van der Waals surface area contributed by atoms with E-state index in [0.717, 1.165) is 25.9 Å². The molecule has 2 aliphatic heterocycles. The molecule has 0 saturated carbocycles. The first-order valence-corrected chi connectivity index (χ1v) is 14.2. The second kappa shape index (κ2) is 13.0. The zero-order chi connectivity index (χ0) is 30.5. The number of morpholine rings is 1. The predicted molar refractivity (Wildman–Crippen MR) is 164 cm³/mol.